The molecule has 2 aromatic heterocycles. The number of benzene rings is 1. The maximum absolute atomic E-state index is 12.0. The Morgan fingerprint density at radius 3 is 2.89 bits per heavy atom. The summed E-state index contributed by atoms with van der Waals surface area (Å²) >= 11 is 4.76. The number of carbonyl (C=O) groups excluding carboxylic acids is 1. The van der Waals surface area contributed by atoms with Crippen LogP contribution < -0.4 is 5.43 Å². The average Bonchev–Trinajstić information content (AvgIpc) is 3.14. The van der Waals surface area contributed by atoms with Crippen LogP contribution in [0.25, 0.3) is 11.4 Å². The van der Waals surface area contributed by atoms with E-state index in [-0.39, 0.29) is 11.7 Å². The molecule has 8 nitrogen and oxygen atoms in total. The maximum atomic E-state index is 12.0. The highest BCUT2D eigenvalue weighted by molar-refractivity contribution is 9.10. The Morgan fingerprint density at radius 2 is 2.19 bits per heavy atom. The van der Waals surface area contributed by atoms with Crippen LogP contribution in [0.1, 0.15) is 11.3 Å². The van der Waals surface area contributed by atoms with Crippen LogP contribution in [-0.2, 0) is 18.9 Å². The molecule has 3 rings (SSSR count). The molecule has 1 amide bonds. The predicted molar refractivity (Wildman–Crippen MR) is 109 cm³/mol. The summed E-state index contributed by atoms with van der Waals surface area (Å²) in [6.07, 6.45) is 3.42. The Balaban J connectivity index is 1.57. The maximum Gasteiger partial charge on any atom is 0.250 e. The third-order valence-corrected chi connectivity index (χ3v) is 5.21. The molecule has 0 fully saturated rings. The third-order valence-electron chi connectivity index (χ3n) is 3.69. The fourth-order valence-corrected chi connectivity index (χ4v) is 3.50. The molecule has 0 saturated heterocycles. The van der Waals surface area contributed by atoms with Crippen molar-refractivity contribution in [1.29, 1.82) is 0 Å². The van der Waals surface area contributed by atoms with Crippen LogP contribution in [-0.4, -0.2) is 42.4 Å². The number of amides is 1. The van der Waals surface area contributed by atoms with Gasteiger partial charge in [0, 0.05) is 35.9 Å². The van der Waals surface area contributed by atoms with E-state index < -0.39 is 0 Å². The van der Waals surface area contributed by atoms with Gasteiger partial charge in [0.25, 0.3) is 5.91 Å². The summed E-state index contributed by atoms with van der Waals surface area (Å²) in [4.78, 5) is 12.0. The molecule has 0 radical (unpaired) electrons. The van der Waals surface area contributed by atoms with Crippen molar-refractivity contribution in [1.82, 2.24) is 30.0 Å². The van der Waals surface area contributed by atoms with E-state index in [1.54, 1.807) is 10.9 Å². The van der Waals surface area contributed by atoms with E-state index in [9.17, 15) is 4.79 Å². The quantitative estimate of drug-likeness (QED) is 0.356. The van der Waals surface area contributed by atoms with Gasteiger partial charge in [0.2, 0.25) is 0 Å². The molecule has 0 aliphatic rings. The minimum atomic E-state index is -0.218. The zero-order valence-electron chi connectivity index (χ0n) is 15.0. The molecule has 10 heteroatoms. The van der Waals surface area contributed by atoms with Gasteiger partial charge in [-0.05, 0) is 19.1 Å². The standard InChI is InChI=1S/C17H18BrN7OS/c1-11-13(9-24(2)23-11)8-19-20-15(26)10-27-17-22-21-16(25(17)3)12-5-4-6-14(18)7-12/h4-9H,10H2,1-3H3,(H,20,26)/b19-8-. The average molecular weight is 448 g/mol. The first kappa shape index (κ1) is 19.3. The summed E-state index contributed by atoms with van der Waals surface area (Å²) in [5, 5.41) is 17.2. The first-order valence-corrected chi connectivity index (χ1v) is 9.82. The van der Waals surface area contributed by atoms with E-state index in [0.717, 1.165) is 27.1 Å². The number of nitrogens with zero attached hydrogens (tertiary/aromatic N) is 6. The molecule has 0 atom stereocenters. The number of rotatable bonds is 6. The Hall–Kier alpha value is -2.46. The van der Waals surface area contributed by atoms with Crippen LogP contribution in [0.2, 0.25) is 0 Å². The largest absolute Gasteiger partial charge is 0.305 e. The van der Waals surface area contributed by atoms with Gasteiger partial charge in [-0.1, -0.05) is 39.8 Å². The number of aryl methyl sites for hydroxylation is 2. The Kier molecular flexibility index (Phi) is 6.07. The minimum absolute atomic E-state index is 0.188. The number of hydrogen-bond acceptors (Lipinski definition) is 6. The summed E-state index contributed by atoms with van der Waals surface area (Å²) in [6, 6.07) is 7.83. The molecule has 0 bridgehead atoms. The summed E-state index contributed by atoms with van der Waals surface area (Å²) in [7, 11) is 3.71. The highest BCUT2D eigenvalue weighted by Crippen LogP contribution is 2.24. The molecule has 0 aliphatic heterocycles. The van der Waals surface area contributed by atoms with Crippen molar-refractivity contribution in [3.63, 3.8) is 0 Å². The molecule has 0 spiro atoms. The van der Waals surface area contributed by atoms with Crippen molar-refractivity contribution < 1.29 is 4.79 Å². The van der Waals surface area contributed by atoms with E-state index >= 15 is 0 Å². The zero-order valence-corrected chi connectivity index (χ0v) is 17.5. The number of carbonyl (C=O) groups is 1. The summed E-state index contributed by atoms with van der Waals surface area (Å²) in [6.45, 7) is 1.88. The van der Waals surface area contributed by atoms with Gasteiger partial charge in [-0.15, -0.1) is 10.2 Å². The Bertz CT molecular complexity index is 995. The fraction of sp³-hybridized carbons (Fsp3) is 0.235. The van der Waals surface area contributed by atoms with Gasteiger partial charge in [-0.3, -0.25) is 9.48 Å². The third kappa shape index (κ3) is 4.83. The highest BCUT2D eigenvalue weighted by atomic mass is 79.9. The Morgan fingerprint density at radius 1 is 1.37 bits per heavy atom. The second-order valence-electron chi connectivity index (χ2n) is 5.80. The lowest BCUT2D eigenvalue weighted by Gasteiger charge is -2.04. The van der Waals surface area contributed by atoms with Gasteiger partial charge in [-0.25, -0.2) is 5.43 Å². The van der Waals surface area contributed by atoms with Crippen molar-refractivity contribution in [2.45, 2.75) is 12.1 Å². The molecule has 0 saturated carbocycles. The molecule has 1 N–H and O–H groups in total. The number of halogens is 1. The monoisotopic (exact) mass is 447 g/mol. The van der Waals surface area contributed by atoms with Crippen LogP contribution >= 0.6 is 27.7 Å². The van der Waals surface area contributed by atoms with Gasteiger partial charge >= 0.3 is 0 Å². The number of hydrogen-bond donors (Lipinski definition) is 1. The molecule has 0 aliphatic carbocycles. The lowest BCUT2D eigenvalue weighted by Crippen LogP contribution is -2.20. The summed E-state index contributed by atoms with van der Waals surface area (Å²) < 4.78 is 4.53. The van der Waals surface area contributed by atoms with E-state index in [2.05, 4.69) is 41.8 Å². The normalized spacial score (nSPS) is 11.3. The second-order valence-corrected chi connectivity index (χ2v) is 7.66. The summed E-state index contributed by atoms with van der Waals surface area (Å²) in [5.41, 5.74) is 5.17. The molecule has 1 aromatic carbocycles. The van der Waals surface area contributed by atoms with Crippen molar-refractivity contribution in [2.24, 2.45) is 19.2 Å². The van der Waals surface area contributed by atoms with Crippen LogP contribution in [0.5, 0.6) is 0 Å². The molecule has 2 heterocycles. The Labute approximate surface area is 169 Å². The second kappa shape index (κ2) is 8.49. The summed E-state index contributed by atoms with van der Waals surface area (Å²) in [5.74, 6) is 0.711. The minimum Gasteiger partial charge on any atom is -0.305 e. The van der Waals surface area contributed by atoms with Crippen molar-refractivity contribution in [2.75, 3.05) is 5.75 Å². The lowest BCUT2D eigenvalue weighted by atomic mass is 10.2. The molecular weight excluding hydrogens is 430 g/mol. The van der Waals surface area contributed by atoms with Crippen molar-refractivity contribution in [3.05, 3.63) is 46.2 Å². The number of hydrazone groups is 1. The van der Waals surface area contributed by atoms with Crippen molar-refractivity contribution in [3.8, 4) is 11.4 Å². The van der Waals surface area contributed by atoms with Gasteiger partial charge < -0.3 is 4.57 Å². The first-order valence-electron chi connectivity index (χ1n) is 8.04. The van der Waals surface area contributed by atoms with E-state index in [0.29, 0.717) is 5.16 Å². The number of aromatic nitrogens is 5. The molecular formula is C17H18BrN7OS. The molecule has 3 aromatic rings. The molecule has 0 unspecified atom stereocenters. The van der Waals surface area contributed by atoms with Gasteiger partial charge in [-0.2, -0.15) is 10.2 Å². The van der Waals surface area contributed by atoms with Crippen LogP contribution in [0.3, 0.4) is 0 Å². The predicted octanol–water partition coefficient (Wildman–Crippen LogP) is 2.53. The van der Waals surface area contributed by atoms with Crippen LogP contribution in [0.15, 0.2) is 45.2 Å². The SMILES string of the molecule is Cc1nn(C)cc1/C=N\NC(=O)CSc1nnc(-c2cccc(Br)c2)n1C. The van der Waals surface area contributed by atoms with Gasteiger partial charge in [0.15, 0.2) is 11.0 Å². The van der Waals surface area contributed by atoms with Crippen LogP contribution in [0.4, 0.5) is 0 Å². The lowest BCUT2D eigenvalue weighted by molar-refractivity contribution is -0.118. The fourth-order valence-electron chi connectivity index (χ4n) is 2.40. The van der Waals surface area contributed by atoms with Gasteiger partial charge in [0.1, 0.15) is 0 Å². The first-order chi connectivity index (χ1) is 12.9. The number of nitrogens with one attached hydrogen (secondary N) is 1. The van der Waals surface area contributed by atoms with Gasteiger partial charge in [0.05, 0.1) is 17.7 Å². The zero-order chi connectivity index (χ0) is 19.4. The van der Waals surface area contributed by atoms with E-state index in [4.69, 9.17) is 0 Å². The highest BCUT2D eigenvalue weighted by Gasteiger charge is 2.13. The van der Waals surface area contributed by atoms with Crippen molar-refractivity contribution >= 4 is 39.8 Å². The topological polar surface area (TPSA) is 90.0 Å². The molecule has 27 heavy (non-hydrogen) atoms. The van der Waals surface area contributed by atoms with E-state index in [1.807, 2.05) is 56.0 Å². The van der Waals surface area contributed by atoms with E-state index in [1.165, 1.54) is 11.8 Å². The number of thioether (sulfide) groups is 1. The molecule has 140 valence electrons. The smallest absolute Gasteiger partial charge is 0.250 e. The van der Waals surface area contributed by atoms with Crippen LogP contribution in [0, 0.1) is 6.92 Å².